The molecule has 14 heavy (non-hydrogen) atoms. The lowest BCUT2D eigenvalue weighted by Crippen LogP contribution is -2.07. The van der Waals surface area contributed by atoms with Gasteiger partial charge in [-0.25, -0.2) is 0 Å². The van der Waals surface area contributed by atoms with E-state index in [2.05, 4.69) is 29.5 Å². The topological polar surface area (TPSA) is 12.9 Å². The van der Waals surface area contributed by atoms with Crippen LogP contribution < -0.4 is 0 Å². The van der Waals surface area contributed by atoms with Crippen molar-refractivity contribution in [3.63, 3.8) is 0 Å². The van der Waals surface area contributed by atoms with Gasteiger partial charge in [-0.2, -0.15) is 25.8 Å². The lowest BCUT2D eigenvalue weighted by Gasteiger charge is -2.03. The molecule has 0 aliphatic rings. The van der Waals surface area contributed by atoms with Crippen LogP contribution in [-0.4, -0.2) is 10.7 Å². The van der Waals surface area contributed by atoms with Crippen LogP contribution in [0.25, 0.3) is 0 Å². The van der Waals surface area contributed by atoms with Crippen LogP contribution in [0.3, 0.4) is 0 Å². The first kappa shape index (κ1) is 10.9. The van der Waals surface area contributed by atoms with Crippen LogP contribution in [0.4, 0.5) is 13.2 Å². The van der Waals surface area contributed by atoms with E-state index in [-0.39, 0.29) is 0 Å². The molecule has 0 aromatic carbocycles. The van der Waals surface area contributed by atoms with Crippen molar-refractivity contribution >= 4 is 12.6 Å². The number of halogens is 3. The molecule has 0 bridgehead atoms. The summed E-state index contributed by atoms with van der Waals surface area (Å²) in [6.45, 7) is 0. The van der Waals surface area contributed by atoms with Gasteiger partial charge in [-0.15, -0.1) is 0 Å². The van der Waals surface area contributed by atoms with Crippen molar-refractivity contribution in [2.24, 2.45) is 0 Å². The molecule has 1 nitrogen and oxygen atoms in total. The Bertz CT molecular complexity index is 358. The van der Waals surface area contributed by atoms with E-state index in [0.717, 1.165) is 12.3 Å². The molecule has 0 aliphatic heterocycles. The van der Waals surface area contributed by atoms with E-state index >= 15 is 0 Å². The zero-order valence-electron chi connectivity index (χ0n) is 6.97. The summed E-state index contributed by atoms with van der Waals surface area (Å²) >= 11 is 3.84. The van der Waals surface area contributed by atoms with Gasteiger partial charge in [-0.3, -0.25) is 4.98 Å². The normalized spacial score (nSPS) is 10.6. The van der Waals surface area contributed by atoms with E-state index in [0.29, 0.717) is 11.3 Å². The van der Waals surface area contributed by atoms with Gasteiger partial charge in [0.15, 0.2) is 0 Å². The van der Waals surface area contributed by atoms with Gasteiger partial charge < -0.3 is 0 Å². The van der Waals surface area contributed by atoms with Gasteiger partial charge in [-0.05, 0) is 12.1 Å². The quantitative estimate of drug-likeness (QED) is 0.520. The standard InChI is InChI=1S/C9H6F3NS/c10-9(11,12)8-4-3-7(6-13-8)2-1-5-14/h3-4,6,14H,5H2. The molecule has 0 radical (unpaired) electrons. The van der Waals surface area contributed by atoms with Crippen LogP contribution in [-0.2, 0) is 6.18 Å². The molecule has 1 aromatic rings. The number of hydrogen-bond donors (Lipinski definition) is 1. The van der Waals surface area contributed by atoms with Crippen LogP contribution in [0.15, 0.2) is 18.3 Å². The molecule has 74 valence electrons. The van der Waals surface area contributed by atoms with Crippen molar-refractivity contribution in [3.05, 3.63) is 29.6 Å². The van der Waals surface area contributed by atoms with Crippen LogP contribution >= 0.6 is 12.6 Å². The molecule has 0 saturated carbocycles. The predicted molar refractivity (Wildman–Crippen MR) is 50.0 cm³/mol. The highest BCUT2D eigenvalue weighted by atomic mass is 32.1. The van der Waals surface area contributed by atoms with Crippen molar-refractivity contribution in [1.29, 1.82) is 0 Å². The van der Waals surface area contributed by atoms with Crippen molar-refractivity contribution in [1.82, 2.24) is 4.98 Å². The second-order valence-electron chi connectivity index (χ2n) is 2.39. The summed E-state index contributed by atoms with van der Waals surface area (Å²) < 4.78 is 36.2. The Morgan fingerprint density at radius 1 is 1.36 bits per heavy atom. The van der Waals surface area contributed by atoms with E-state index in [1.807, 2.05) is 0 Å². The first-order chi connectivity index (χ1) is 6.54. The van der Waals surface area contributed by atoms with Gasteiger partial charge in [0.1, 0.15) is 5.69 Å². The average Bonchev–Trinajstić information content (AvgIpc) is 2.14. The van der Waals surface area contributed by atoms with Crippen LogP contribution in [0.2, 0.25) is 0 Å². The average molecular weight is 217 g/mol. The van der Waals surface area contributed by atoms with Crippen LogP contribution in [0, 0.1) is 11.8 Å². The molecule has 0 N–H and O–H groups in total. The van der Waals surface area contributed by atoms with E-state index in [4.69, 9.17) is 0 Å². The monoisotopic (exact) mass is 217 g/mol. The van der Waals surface area contributed by atoms with Gasteiger partial charge in [0.05, 0.1) is 5.75 Å². The third-order valence-electron chi connectivity index (χ3n) is 1.37. The number of pyridine rings is 1. The summed E-state index contributed by atoms with van der Waals surface area (Å²) in [5.41, 5.74) is -0.457. The first-order valence-electron chi connectivity index (χ1n) is 3.67. The van der Waals surface area contributed by atoms with Gasteiger partial charge in [0.2, 0.25) is 0 Å². The molecule has 0 saturated heterocycles. The van der Waals surface area contributed by atoms with Crippen LogP contribution in [0.1, 0.15) is 11.3 Å². The van der Waals surface area contributed by atoms with Crippen molar-refractivity contribution in [3.8, 4) is 11.8 Å². The van der Waals surface area contributed by atoms with Crippen molar-refractivity contribution < 1.29 is 13.2 Å². The Labute approximate surface area is 84.8 Å². The van der Waals surface area contributed by atoms with Crippen molar-refractivity contribution in [2.45, 2.75) is 6.18 Å². The number of rotatable bonds is 0. The molecule has 0 unspecified atom stereocenters. The maximum absolute atomic E-state index is 12.1. The smallest absolute Gasteiger partial charge is 0.250 e. The second kappa shape index (κ2) is 4.38. The van der Waals surface area contributed by atoms with Gasteiger partial charge in [-0.1, -0.05) is 11.8 Å². The number of alkyl halides is 3. The largest absolute Gasteiger partial charge is 0.433 e. The van der Waals surface area contributed by atoms with E-state index in [1.165, 1.54) is 6.07 Å². The Balaban J connectivity index is 2.89. The third-order valence-corrected chi connectivity index (χ3v) is 1.52. The molecular weight excluding hydrogens is 211 g/mol. The molecule has 0 aliphatic carbocycles. The summed E-state index contributed by atoms with van der Waals surface area (Å²) in [5, 5.41) is 0. The third kappa shape index (κ3) is 2.96. The summed E-state index contributed by atoms with van der Waals surface area (Å²) in [7, 11) is 0. The number of nitrogens with zero attached hydrogens (tertiary/aromatic N) is 1. The molecule has 1 rings (SSSR count). The molecule has 0 fully saturated rings. The molecule has 0 spiro atoms. The Morgan fingerprint density at radius 3 is 2.50 bits per heavy atom. The first-order valence-corrected chi connectivity index (χ1v) is 4.30. The fraction of sp³-hybridized carbons (Fsp3) is 0.222. The minimum Gasteiger partial charge on any atom is -0.250 e. The van der Waals surface area contributed by atoms with E-state index in [9.17, 15) is 13.2 Å². The number of aromatic nitrogens is 1. The second-order valence-corrected chi connectivity index (χ2v) is 2.71. The Morgan fingerprint density at radius 2 is 2.07 bits per heavy atom. The Kier molecular flexibility index (Phi) is 3.42. The number of thiol groups is 1. The summed E-state index contributed by atoms with van der Waals surface area (Å²) in [6, 6.07) is 2.19. The number of hydrogen-bond acceptors (Lipinski definition) is 2. The molecule has 0 atom stereocenters. The summed E-state index contributed by atoms with van der Waals surface area (Å²) in [6.07, 6.45) is -3.30. The summed E-state index contributed by atoms with van der Waals surface area (Å²) in [4.78, 5) is 3.25. The molecule has 1 aromatic heterocycles. The minimum absolute atomic E-state index is 0.362. The lowest BCUT2D eigenvalue weighted by atomic mass is 10.2. The highest BCUT2D eigenvalue weighted by molar-refractivity contribution is 7.80. The minimum atomic E-state index is -4.39. The zero-order chi connectivity index (χ0) is 10.6. The molecular formula is C9H6F3NS. The zero-order valence-corrected chi connectivity index (χ0v) is 7.86. The molecule has 0 amide bonds. The molecule has 5 heteroatoms. The predicted octanol–water partition coefficient (Wildman–Crippen LogP) is 2.38. The van der Waals surface area contributed by atoms with Gasteiger partial charge in [0, 0.05) is 11.8 Å². The Hall–Kier alpha value is -1.15. The maximum Gasteiger partial charge on any atom is 0.433 e. The van der Waals surface area contributed by atoms with E-state index < -0.39 is 11.9 Å². The van der Waals surface area contributed by atoms with Gasteiger partial charge >= 0.3 is 6.18 Å². The highest BCUT2D eigenvalue weighted by Crippen LogP contribution is 2.26. The highest BCUT2D eigenvalue weighted by Gasteiger charge is 2.31. The SMILES string of the molecule is FC(F)(F)c1ccc(C#CCS)cn1. The molecule has 1 heterocycles. The fourth-order valence-corrected chi connectivity index (χ4v) is 0.856. The lowest BCUT2D eigenvalue weighted by molar-refractivity contribution is -0.141. The van der Waals surface area contributed by atoms with Crippen molar-refractivity contribution in [2.75, 3.05) is 5.75 Å². The fourth-order valence-electron chi connectivity index (χ4n) is 0.777. The maximum atomic E-state index is 12.1. The summed E-state index contributed by atoms with van der Waals surface area (Å²) in [5.74, 6) is 5.59. The van der Waals surface area contributed by atoms with E-state index in [1.54, 1.807) is 0 Å². The van der Waals surface area contributed by atoms with Gasteiger partial charge in [0.25, 0.3) is 0 Å². The van der Waals surface area contributed by atoms with Crippen LogP contribution in [0.5, 0.6) is 0 Å².